The summed E-state index contributed by atoms with van der Waals surface area (Å²) in [5.41, 5.74) is 1.20. The van der Waals surface area contributed by atoms with E-state index in [1.54, 1.807) is 18.3 Å². The number of aliphatic carboxylic acids is 2. The summed E-state index contributed by atoms with van der Waals surface area (Å²) in [6, 6.07) is 0. The summed E-state index contributed by atoms with van der Waals surface area (Å²) in [6.45, 7) is 0. The first-order chi connectivity index (χ1) is 8.59. The third-order valence-electron chi connectivity index (χ3n) is 2.36. The number of ether oxygens (including phenoxy) is 1. The van der Waals surface area contributed by atoms with E-state index in [-0.39, 0.29) is 11.3 Å². The standard InChI is InChI=1S/C12H9NO5/c14-10(15)5-9(12(16)17)11-8-2-4-18-3-1-7(8)6-13-11/h1-6,13H,(H,14,15)(H,16,17)/b9-5-. The summed E-state index contributed by atoms with van der Waals surface area (Å²) in [5, 5.41) is 17.7. The largest absolute Gasteiger partial charge is 0.478 e. The molecule has 3 N–H and O–H groups in total. The van der Waals surface area contributed by atoms with Crippen LogP contribution < -0.4 is 0 Å². The number of hydrogen-bond acceptors (Lipinski definition) is 3. The van der Waals surface area contributed by atoms with E-state index < -0.39 is 11.9 Å². The van der Waals surface area contributed by atoms with Crippen molar-refractivity contribution < 1.29 is 24.5 Å². The van der Waals surface area contributed by atoms with E-state index in [4.69, 9.17) is 14.9 Å². The summed E-state index contributed by atoms with van der Waals surface area (Å²) in [4.78, 5) is 24.5. The van der Waals surface area contributed by atoms with E-state index in [1.165, 1.54) is 12.5 Å². The van der Waals surface area contributed by atoms with E-state index in [0.717, 1.165) is 5.56 Å². The van der Waals surface area contributed by atoms with Gasteiger partial charge in [-0.15, -0.1) is 0 Å². The fraction of sp³-hybridized carbons (Fsp3) is 0. The second-order valence-electron chi connectivity index (χ2n) is 3.48. The lowest BCUT2D eigenvalue weighted by Gasteiger charge is -2.01. The minimum atomic E-state index is -1.32. The summed E-state index contributed by atoms with van der Waals surface area (Å²) in [7, 11) is 0. The van der Waals surface area contributed by atoms with Gasteiger partial charge in [-0.05, 0) is 12.2 Å². The van der Waals surface area contributed by atoms with Crippen LogP contribution in [0.1, 0.15) is 16.8 Å². The summed E-state index contributed by atoms with van der Waals surface area (Å²) in [5.74, 6) is -2.63. The zero-order valence-corrected chi connectivity index (χ0v) is 9.08. The van der Waals surface area contributed by atoms with Crippen LogP contribution in [0, 0.1) is 0 Å². The molecule has 18 heavy (non-hydrogen) atoms. The second kappa shape index (κ2) is 4.62. The van der Waals surface area contributed by atoms with Crippen molar-refractivity contribution >= 4 is 29.7 Å². The van der Waals surface area contributed by atoms with Gasteiger partial charge in [0.2, 0.25) is 0 Å². The van der Waals surface area contributed by atoms with Crippen molar-refractivity contribution in [2.45, 2.75) is 0 Å². The van der Waals surface area contributed by atoms with Crippen molar-refractivity contribution in [1.29, 1.82) is 0 Å². The molecule has 0 bridgehead atoms. The Morgan fingerprint density at radius 2 is 1.94 bits per heavy atom. The first kappa shape index (κ1) is 11.7. The molecule has 0 aromatic carbocycles. The van der Waals surface area contributed by atoms with Crippen LogP contribution in [0.4, 0.5) is 0 Å². The van der Waals surface area contributed by atoms with E-state index in [0.29, 0.717) is 11.6 Å². The van der Waals surface area contributed by atoms with Crippen molar-refractivity contribution in [3.63, 3.8) is 0 Å². The Bertz CT molecular complexity index is 592. The fourth-order valence-corrected chi connectivity index (χ4v) is 1.62. The van der Waals surface area contributed by atoms with Crippen LogP contribution >= 0.6 is 0 Å². The zero-order chi connectivity index (χ0) is 13.1. The van der Waals surface area contributed by atoms with Crippen LogP contribution in [-0.4, -0.2) is 27.1 Å². The average Bonchev–Trinajstić information content (AvgIpc) is 2.55. The van der Waals surface area contributed by atoms with Gasteiger partial charge >= 0.3 is 11.9 Å². The van der Waals surface area contributed by atoms with Crippen LogP contribution in [0.15, 0.2) is 24.8 Å². The maximum atomic E-state index is 11.1. The number of aromatic amines is 1. The van der Waals surface area contributed by atoms with Gasteiger partial charge in [-0.25, -0.2) is 9.59 Å². The molecular formula is C12H9NO5. The van der Waals surface area contributed by atoms with Crippen molar-refractivity contribution in [2.75, 3.05) is 0 Å². The maximum absolute atomic E-state index is 11.1. The molecule has 6 heteroatoms. The Labute approximate surface area is 102 Å². The second-order valence-corrected chi connectivity index (χ2v) is 3.48. The number of nitrogens with one attached hydrogen (secondary N) is 1. The Balaban J connectivity index is 2.57. The highest BCUT2D eigenvalue weighted by Gasteiger charge is 2.19. The lowest BCUT2D eigenvalue weighted by molar-refractivity contribution is -0.133. The molecule has 92 valence electrons. The van der Waals surface area contributed by atoms with Gasteiger partial charge in [0, 0.05) is 23.4 Å². The van der Waals surface area contributed by atoms with E-state index in [9.17, 15) is 9.59 Å². The number of carbonyl (C=O) groups is 2. The molecule has 6 nitrogen and oxygen atoms in total. The van der Waals surface area contributed by atoms with E-state index in [1.807, 2.05) is 0 Å². The van der Waals surface area contributed by atoms with Gasteiger partial charge in [-0.2, -0.15) is 0 Å². The lowest BCUT2D eigenvalue weighted by Crippen LogP contribution is -2.04. The Morgan fingerprint density at radius 1 is 1.22 bits per heavy atom. The SMILES string of the molecule is O=C(O)/C=C(\C(=O)O)c1[nH]cc2c1C=COC=C2. The molecule has 1 aromatic rings. The summed E-state index contributed by atoms with van der Waals surface area (Å²) < 4.78 is 4.95. The average molecular weight is 247 g/mol. The maximum Gasteiger partial charge on any atom is 0.338 e. The molecule has 0 saturated carbocycles. The van der Waals surface area contributed by atoms with Crippen LogP contribution in [-0.2, 0) is 14.3 Å². The summed E-state index contributed by atoms with van der Waals surface area (Å²) in [6.07, 6.45) is 8.28. The molecule has 0 unspecified atom stereocenters. The first-order valence-corrected chi connectivity index (χ1v) is 4.98. The van der Waals surface area contributed by atoms with Crippen LogP contribution in [0.3, 0.4) is 0 Å². The minimum absolute atomic E-state index is 0.228. The normalized spacial score (nSPS) is 13.7. The van der Waals surface area contributed by atoms with Gasteiger partial charge in [-0.1, -0.05) is 0 Å². The van der Waals surface area contributed by atoms with Crippen molar-refractivity contribution in [3.05, 3.63) is 41.6 Å². The molecule has 0 fully saturated rings. The number of carboxylic acid groups (broad SMARTS) is 2. The quantitative estimate of drug-likeness (QED) is 0.703. The summed E-state index contributed by atoms with van der Waals surface area (Å²) >= 11 is 0. The van der Waals surface area contributed by atoms with E-state index >= 15 is 0 Å². The number of hydrogen-bond donors (Lipinski definition) is 3. The fourth-order valence-electron chi connectivity index (χ4n) is 1.62. The van der Waals surface area contributed by atoms with Gasteiger partial charge in [0.15, 0.2) is 0 Å². The topological polar surface area (TPSA) is 99.6 Å². The highest BCUT2D eigenvalue weighted by Crippen LogP contribution is 2.26. The molecule has 1 aliphatic heterocycles. The molecule has 0 amide bonds. The van der Waals surface area contributed by atoms with Crippen molar-refractivity contribution in [3.8, 4) is 0 Å². The molecule has 1 aliphatic rings. The zero-order valence-electron chi connectivity index (χ0n) is 9.08. The molecule has 0 saturated heterocycles. The van der Waals surface area contributed by atoms with Crippen LogP contribution in [0.5, 0.6) is 0 Å². The third kappa shape index (κ3) is 2.17. The highest BCUT2D eigenvalue weighted by molar-refractivity contribution is 6.19. The van der Waals surface area contributed by atoms with Gasteiger partial charge in [0.1, 0.15) is 0 Å². The van der Waals surface area contributed by atoms with Gasteiger partial charge < -0.3 is 19.9 Å². The van der Waals surface area contributed by atoms with Gasteiger partial charge in [0.25, 0.3) is 0 Å². The number of aromatic nitrogens is 1. The van der Waals surface area contributed by atoms with Crippen molar-refractivity contribution in [1.82, 2.24) is 4.98 Å². The predicted octanol–water partition coefficient (Wildman–Crippen LogP) is 1.54. The smallest absolute Gasteiger partial charge is 0.338 e. The van der Waals surface area contributed by atoms with Gasteiger partial charge in [0.05, 0.1) is 23.8 Å². The molecule has 0 radical (unpaired) electrons. The number of carboxylic acids is 2. The Hall–Kier alpha value is -2.76. The number of rotatable bonds is 3. The van der Waals surface area contributed by atoms with E-state index in [2.05, 4.69) is 4.98 Å². The molecule has 0 aliphatic carbocycles. The number of H-pyrrole nitrogens is 1. The van der Waals surface area contributed by atoms with Crippen molar-refractivity contribution in [2.24, 2.45) is 0 Å². The molecule has 2 heterocycles. The van der Waals surface area contributed by atoms with Crippen LogP contribution in [0.2, 0.25) is 0 Å². The molecule has 1 aromatic heterocycles. The lowest BCUT2D eigenvalue weighted by atomic mass is 10.0. The number of fused-ring (bicyclic) bond motifs is 1. The van der Waals surface area contributed by atoms with Gasteiger partial charge in [-0.3, -0.25) is 0 Å². The highest BCUT2D eigenvalue weighted by atomic mass is 16.5. The minimum Gasteiger partial charge on any atom is -0.478 e. The Morgan fingerprint density at radius 3 is 2.61 bits per heavy atom. The Kier molecular flexibility index (Phi) is 3.01. The van der Waals surface area contributed by atoms with Crippen LogP contribution in [0.25, 0.3) is 17.7 Å². The molecule has 2 rings (SSSR count). The molecule has 0 atom stereocenters. The predicted molar refractivity (Wildman–Crippen MR) is 63.2 cm³/mol. The molecule has 0 spiro atoms. The third-order valence-corrected chi connectivity index (χ3v) is 2.36. The molecular weight excluding hydrogens is 238 g/mol. The monoisotopic (exact) mass is 247 g/mol. The first-order valence-electron chi connectivity index (χ1n) is 4.98.